The molecule has 37 heavy (non-hydrogen) atoms. The van der Waals surface area contributed by atoms with E-state index in [-0.39, 0.29) is 34.5 Å². The maximum Gasteiger partial charge on any atom is 0.306 e. The molecule has 9 nitrogen and oxygen atoms in total. The topological polar surface area (TPSA) is 125 Å². The van der Waals surface area contributed by atoms with Gasteiger partial charge in [0.2, 0.25) is 5.75 Å². The van der Waals surface area contributed by atoms with E-state index in [0.717, 1.165) is 6.07 Å². The molecule has 1 atom stereocenters. The molecule has 0 aliphatic carbocycles. The van der Waals surface area contributed by atoms with Gasteiger partial charge in [0.25, 0.3) is 0 Å². The van der Waals surface area contributed by atoms with Crippen LogP contribution in [-0.4, -0.2) is 44.6 Å². The molecule has 1 aromatic heterocycles. The van der Waals surface area contributed by atoms with Crippen LogP contribution < -0.4 is 19.6 Å². The summed E-state index contributed by atoms with van der Waals surface area (Å²) in [6.07, 6.45) is -0.234. The van der Waals surface area contributed by atoms with Crippen LogP contribution in [0.2, 0.25) is 0 Å². The normalized spacial score (nSPS) is 11.7. The van der Waals surface area contributed by atoms with Gasteiger partial charge in [-0.1, -0.05) is 30.3 Å². The van der Waals surface area contributed by atoms with Gasteiger partial charge >= 0.3 is 5.97 Å². The average molecular weight is 507 g/mol. The van der Waals surface area contributed by atoms with Gasteiger partial charge in [0.1, 0.15) is 28.2 Å². The molecular weight excluding hydrogens is 480 g/mol. The molecule has 4 rings (SSSR count). The summed E-state index contributed by atoms with van der Waals surface area (Å²) in [7, 11) is 5.62. The van der Waals surface area contributed by atoms with Crippen molar-refractivity contribution >= 4 is 16.9 Å². The molecule has 2 N–H and O–H groups in total. The summed E-state index contributed by atoms with van der Waals surface area (Å²) in [6.45, 7) is 0. The lowest BCUT2D eigenvalue weighted by atomic mass is 9.86. The quantitative estimate of drug-likeness (QED) is 0.330. The number of carbonyl (C=O) groups is 1. The van der Waals surface area contributed by atoms with Gasteiger partial charge in [0.15, 0.2) is 16.9 Å². The van der Waals surface area contributed by atoms with Crippen molar-refractivity contribution in [1.29, 1.82) is 0 Å². The number of aromatic hydroxyl groups is 2. The Kier molecular flexibility index (Phi) is 7.24. The minimum Gasteiger partial charge on any atom is -0.507 e. The van der Waals surface area contributed by atoms with E-state index in [1.54, 1.807) is 36.4 Å². The Bertz CT molecular complexity index is 1480. The highest BCUT2D eigenvalue weighted by Gasteiger charge is 2.30. The summed E-state index contributed by atoms with van der Waals surface area (Å²) < 4.78 is 27.4. The third-order valence-electron chi connectivity index (χ3n) is 6.09. The van der Waals surface area contributed by atoms with E-state index in [2.05, 4.69) is 0 Å². The molecule has 0 fully saturated rings. The molecule has 0 amide bonds. The number of esters is 1. The van der Waals surface area contributed by atoms with Crippen LogP contribution in [-0.2, 0) is 9.53 Å². The van der Waals surface area contributed by atoms with Gasteiger partial charge < -0.3 is 33.6 Å². The zero-order valence-electron chi connectivity index (χ0n) is 20.7. The minimum atomic E-state index is -0.890. The molecule has 0 unspecified atom stereocenters. The molecule has 0 aliphatic rings. The fraction of sp³-hybridized carbons (Fsp3) is 0.214. The third kappa shape index (κ3) is 4.75. The molecule has 3 aromatic carbocycles. The average Bonchev–Trinajstić information content (AvgIpc) is 2.91. The summed E-state index contributed by atoms with van der Waals surface area (Å²) in [5, 5.41) is 21.5. The lowest BCUT2D eigenvalue weighted by Crippen LogP contribution is -2.13. The molecule has 0 saturated heterocycles. The second-order valence-electron chi connectivity index (χ2n) is 8.17. The van der Waals surface area contributed by atoms with Gasteiger partial charge in [-0.2, -0.15) is 0 Å². The second-order valence-corrected chi connectivity index (χ2v) is 8.17. The SMILES string of the molecule is COC(=O)C[C@@H](c1cc(OC)c(OC)c(OC)c1)c1c(O)cc(O)c2c(=O)cc(-c3ccccc3)oc12. The van der Waals surface area contributed by atoms with Crippen LogP contribution >= 0.6 is 0 Å². The Morgan fingerprint density at radius 2 is 1.54 bits per heavy atom. The van der Waals surface area contributed by atoms with E-state index in [9.17, 15) is 19.8 Å². The van der Waals surface area contributed by atoms with Crippen LogP contribution in [0.5, 0.6) is 28.7 Å². The summed E-state index contributed by atoms with van der Waals surface area (Å²) >= 11 is 0. The fourth-order valence-electron chi connectivity index (χ4n) is 4.34. The van der Waals surface area contributed by atoms with Crippen molar-refractivity contribution < 1.29 is 38.4 Å². The summed E-state index contributed by atoms with van der Waals surface area (Å²) in [5.74, 6) is -1.09. The maximum atomic E-state index is 13.1. The molecule has 192 valence electrons. The predicted octanol–water partition coefficient (Wildman–Crippen LogP) is 4.59. The van der Waals surface area contributed by atoms with Crippen molar-refractivity contribution in [1.82, 2.24) is 0 Å². The molecule has 0 bridgehead atoms. The van der Waals surface area contributed by atoms with E-state index in [4.69, 9.17) is 23.4 Å². The minimum absolute atomic E-state index is 0.0634. The van der Waals surface area contributed by atoms with Gasteiger partial charge in [0.05, 0.1) is 34.9 Å². The number of hydrogen-bond acceptors (Lipinski definition) is 9. The van der Waals surface area contributed by atoms with Crippen molar-refractivity contribution in [3.63, 3.8) is 0 Å². The number of rotatable bonds is 8. The molecule has 4 aromatic rings. The van der Waals surface area contributed by atoms with Gasteiger partial charge in [0, 0.05) is 29.2 Å². The van der Waals surface area contributed by atoms with Gasteiger partial charge in [-0.15, -0.1) is 0 Å². The smallest absolute Gasteiger partial charge is 0.306 e. The Labute approximate surface area is 212 Å². The lowest BCUT2D eigenvalue weighted by molar-refractivity contribution is -0.140. The summed E-state index contributed by atoms with van der Waals surface area (Å²) in [4.78, 5) is 25.7. The fourth-order valence-corrected chi connectivity index (χ4v) is 4.34. The molecule has 0 radical (unpaired) electrons. The number of benzene rings is 3. The van der Waals surface area contributed by atoms with Crippen molar-refractivity contribution in [2.24, 2.45) is 0 Å². The molecular formula is C28H26O9. The molecule has 0 aliphatic heterocycles. The monoisotopic (exact) mass is 506 g/mol. The first kappa shape index (κ1) is 25.4. The lowest BCUT2D eigenvalue weighted by Gasteiger charge is -2.22. The number of hydrogen-bond donors (Lipinski definition) is 2. The number of fused-ring (bicyclic) bond motifs is 1. The first-order chi connectivity index (χ1) is 17.8. The molecule has 0 saturated carbocycles. The van der Waals surface area contributed by atoms with Crippen LogP contribution in [0, 0.1) is 0 Å². The number of methoxy groups -OCH3 is 4. The van der Waals surface area contributed by atoms with E-state index in [0.29, 0.717) is 28.4 Å². The summed E-state index contributed by atoms with van der Waals surface area (Å²) in [6, 6.07) is 14.5. The Balaban J connectivity index is 2.07. The predicted molar refractivity (Wildman–Crippen MR) is 136 cm³/mol. The Hall–Kier alpha value is -4.66. The van der Waals surface area contributed by atoms with Crippen molar-refractivity contribution in [2.45, 2.75) is 12.3 Å². The Morgan fingerprint density at radius 1 is 0.892 bits per heavy atom. The number of phenolic OH excluding ortho intramolecular Hbond substituents is 2. The molecule has 9 heteroatoms. The van der Waals surface area contributed by atoms with Crippen LogP contribution in [0.25, 0.3) is 22.3 Å². The highest BCUT2D eigenvalue weighted by atomic mass is 16.5. The zero-order chi connectivity index (χ0) is 26.7. The van der Waals surface area contributed by atoms with E-state index >= 15 is 0 Å². The van der Waals surface area contributed by atoms with Crippen LogP contribution in [0.4, 0.5) is 0 Å². The van der Waals surface area contributed by atoms with Gasteiger partial charge in [-0.3, -0.25) is 9.59 Å². The largest absolute Gasteiger partial charge is 0.507 e. The highest BCUT2D eigenvalue weighted by molar-refractivity contribution is 5.90. The standard InChI is InChI=1S/C28H26O9/c1-33-22-10-16(11-23(34-2)27(22)36-4)17(12-24(32)35-3)25-18(29)13-19(30)26-20(31)14-21(37-28(25)26)15-8-6-5-7-9-15/h5-11,13-14,17,29-30H,12H2,1-4H3/t17-/m0/s1. The first-order valence-corrected chi connectivity index (χ1v) is 11.3. The van der Waals surface area contributed by atoms with Gasteiger partial charge in [-0.05, 0) is 17.7 Å². The van der Waals surface area contributed by atoms with Crippen molar-refractivity contribution in [3.05, 3.63) is 75.9 Å². The maximum absolute atomic E-state index is 13.1. The number of carbonyl (C=O) groups excluding carboxylic acids is 1. The van der Waals surface area contributed by atoms with E-state index < -0.39 is 23.1 Å². The Morgan fingerprint density at radius 3 is 2.11 bits per heavy atom. The van der Waals surface area contributed by atoms with Gasteiger partial charge in [-0.25, -0.2) is 0 Å². The summed E-state index contributed by atoms with van der Waals surface area (Å²) in [5.41, 5.74) is 0.636. The second kappa shape index (κ2) is 10.5. The van der Waals surface area contributed by atoms with Crippen LogP contribution in [0.1, 0.15) is 23.5 Å². The number of ether oxygens (including phenoxy) is 4. The molecule has 0 spiro atoms. The van der Waals surface area contributed by atoms with E-state index in [1.165, 1.54) is 34.5 Å². The van der Waals surface area contributed by atoms with Crippen molar-refractivity contribution in [3.8, 4) is 40.1 Å². The first-order valence-electron chi connectivity index (χ1n) is 11.3. The number of phenols is 2. The van der Waals surface area contributed by atoms with E-state index in [1.807, 2.05) is 6.07 Å². The van der Waals surface area contributed by atoms with Crippen molar-refractivity contribution in [2.75, 3.05) is 28.4 Å². The molecule has 1 heterocycles. The third-order valence-corrected chi connectivity index (χ3v) is 6.09. The van der Waals surface area contributed by atoms with Crippen LogP contribution in [0.15, 0.2) is 63.8 Å². The van der Waals surface area contributed by atoms with Crippen LogP contribution in [0.3, 0.4) is 0 Å². The highest BCUT2D eigenvalue weighted by Crippen LogP contribution is 2.46. The zero-order valence-corrected chi connectivity index (χ0v) is 20.7.